The maximum Gasteiger partial charge on any atom is 0.263 e. The van der Waals surface area contributed by atoms with Gasteiger partial charge in [0.15, 0.2) is 0 Å². The minimum absolute atomic E-state index is 0.0971. The summed E-state index contributed by atoms with van der Waals surface area (Å²) >= 11 is 1.24. The number of carbonyl (C=O) groups excluding carboxylic acids is 1. The van der Waals surface area contributed by atoms with Crippen molar-refractivity contribution < 1.29 is 9.18 Å². The van der Waals surface area contributed by atoms with Gasteiger partial charge in [-0.1, -0.05) is 12.1 Å². The Kier molecular flexibility index (Phi) is 3.06. The molecular weight excluding hydrogens is 263 g/mol. The first-order chi connectivity index (χ1) is 9.15. The molecule has 0 aliphatic heterocycles. The molecule has 0 spiro atoms. The summed E-state index contributed by atoms with van der Waals surface area (Å²) in [6.45, 7) is 1.78. The Morgan fingerprint density at radius 2 is 2.16 bits per heavy atom. The molecule has 1 heterocycles. The highest BCUT2D eigenvalue weighted by Gasteiger charge is 2.26. The number of nitrogens with one attached hydrogen (secondary N) is 1. The molecule has 1 aliphatic rings. The minimum atomic E-state index is -0.314. The molecule has 19 heavy (non-hydrogen) atoms. The Morgan fingerprint density at radius 3 is 2.84 bits per heavy atom. The SMILES string of the molecule is Cc1nc(-c2ccccc2F)sc1C(=O)NC1CC1. The fourth-order valence-electron chi connectivity index (χ4n) is 1.84. The molecule has 1 aromatic carbocycles. The molecule has 5 heteroatoms. The van der Waals surface area contributed by atoms with Crippen LogP contribution in [0.2, 0.25) is 0 Å². The van der Waals surface area contributed by atoms with Gasteiger partial charge in [-0.3, -0.25) is 4.79 Å². The van der Waals surface area contributed by atoms with Crippen molar-refractivity contribution in [2.45, 2.75) is 25.8 Å². The average molecular weight is 276 g/mol. The number of amides is 1. The zero-order valence-electron chi connectivity index (χ0n) is 10.4. The van der Waals surface area contributed by atoms with Crippen LogP contribution >= 0.6 is 11.3 Å². The molecule has 0 bridgehead atoms. The van der Waals surface area contributed by atoms with E-state index in [0.717, 1.165) is 12.8 Å². The second-order valence-corrected chi connectivity index (χ2v) is 5.66. The zero-order valence-corrected chi connectivity index (χ0v) is 11.3. The molecule has 1 saturated carbocycles. The number of aryl methyl sites for hydroxylation is 1. The quantitative estimate of drug-likeness (QED) is 0.935. The third-order valence-corrected chi connectivity index (χ3v) is 4.21. The predicted molar refractivity (Wildman–Crippen MR) is 72.7 cm³/mol. The number of carbonyl (C=O) groups is 1. The van der Waals surface area contributed by atoms with E-state index in [0.29, 0.717) is 27.2 Å². The van der Waals surface area contributed by atoms with Crippen LogP contribution in [0.4, 0.5) is 4.39 Å². The molecule has 2 aromatic rings. The molecule has 0 unspecified atom stereocenters. The fourth-order valence-corrected chi connectivity index (χ4v) is 2.83. The minimum Gasteiger partial charge on any atom is -0.349 e. The molecule has 1 aliphatic carbocycles. The molecule has 1 aromatic heterocycles. The summed E-state index contributed by atoms with van der Waals surface area (Å²) in [6.07, 6.45) is 2.09. The fraction of sp³-hybridized carbons (Fsp3) is 0.286. The smallest absolute Gasteiger partial charge is 0.263 e. The molecule has 3 rings (SSSR count). The molecule has 0 radical (unpaired) electrons. The van der Waals surface area contributed by atoms with Crippen LogP contribution in [-0.4, -0.2) is 16.9 Å². The van der Waals surface area contributed by atoms with Crippen molar-refractivity contribution in [3.05, 3.63) is 40.7 Å². The van der Waals surface area contributed by atoms with Gasteiger partial charge in [0.05, 0.1) is 5.69 Å². The first-order valence-electron chi connectivity index (χ1n) is 6.18. The Bertz CT molecular complexity index is 634. The third kappa shape index (κ3) is 2.51. The van der Waals surface area contributed by atoms with Crippen molar-refractivity contribution >= 4 is 17.2 Å². The van der Waals surface area contributed by atoms with Crippen LogP contribution in [0.15, 0.2) is 24.3 Å². The first kappa shape index (κ1) is 12.3. The Hall–Kier alpha value is -1.75. The van der Waals surface area contributed by atoms with E-state index in [9.17, 15) is 9.18 Å². The Labute approximate surface area is 114 Å². The highest BCUT2D eigenvalue weighted by atomic mass is 32.1. The van der Waals surface area contributed by atoms with E-state index in [1.165, 1.54) is 17.4 Å². The number of nitrogens with zero attached hydrogens (tertiary/aromatic N) is 1. The molecule has 1 N–H and O–H groups in total. The average Bonchev–Trinajstić information content (AvgIpc) is 3.10. The Morgan fingerprint density at radius 1 is 1.42 bits per heavy atom. The molecule has 1 fully saturated rings. The zero-order chi connectivity index (χ0) is 13.4. The molecule has 0 saturated heterocycles. The lowest BCUT2D eigenvalue weighted by Crippen LogP contribution is -2.25. The molecule has 0 atom stereocenters. The van der Waals surface area contributed by atoms with Gasteiger partial charge in [-0.2, -0.15) is 0 Å². The van der Waals surface area contributed by atoms with Crippen molar-refractivity contribution in [1.82, 2.24) is 10.3 Å². The van der Waals surface area contributed by atoms with E-state index in [2.05, 4.69) is 10.3 Å². The van der Waals surface area contributed by atoms with E-state index >= 15 is 0 Å². The maximum atomic E-state index is 13.7. The molecule has 3 nitrogen and oxygen atoms in total. The Balaban J connectivity index is 1.92. The lowest BCUT2D eigenvalue weighted by Gasteiger charge is -2.00. The van der Waals surface area contributed by atoms with E-state index < -0.39 is 0 Å². The van der Waals surface area contributed by atoms with Gasteiger partial charge >= 0.3 is 0 Å². The maximum absolute atomic E-state index is 13.7. The summed E-state index contributed by atoms with van der Waals surface area (Å²) in [7, 11) is 0. The van der Waals surface area contributed by atoms with Crippen LogP contribution in [-0.2, 0) is 0 Å². The van der Waals surface area contributed by atoms with Gasteiger partial charge in [0.1, 0.15) is 15.7 Å². The van der Waals surface area contributed by atoms with Crippen LogP contribution in [0.5, 0.6) is 0 Å². The largest absolute Gasteiger partial charge is 0.349 e. The number of benzene rings is 1. The number of halogens is 1. The second kappa shape index (κ2) is 4.74. The van der Waals surface area contributed by atoms with Gasteiger partial charge in [-0.25, -0.2) is 9.37 Å². The summed E-state index contributed by atoms with van der Waals surface area (Å²) < 4.78 is 13.7. The number of hydrogen-bond donors (Lipinski definition) is 1. The monoisotopic (exact) mass is 276 g/mol. The first-order valence-corrected chi connectivity index (χ1v) is 7.00. The van der Waals surface area contributed by atoms with Crippen molar-refractivity contribution in [1.29, 1.82) is 0 Å². The van der Waals surface area contributed by atoms with Crippen molar-refractivity contribution in [2.24, 2.45) is 0 Å². The highest BCUT2D eigenvalue weighted by molar-refractivity contribution is 7.17. The van der Waals surface area contributed by atoms with Crippen LogP contribution in [0.3, 0.4) is 0 Å². The molecular formula is C14H13FN2OS. The van der Waals surface area contributed by atoms with Crippen molar-refractivity contribution in [3.63, 3.8) is 0 Å². The third-order valence-electron chi connectivity index (χ3n) is 3.02. The van der Waals surface area contributed by atoms with Gasteiger partial charge < -0.3 is 5.32 Å². The summed E-state index contributed by atoms with van der Waals surface area (Å²) in [5, 5.41) is 3.48. The lowest BCUT2D eigenvalue weighted by molar-refractivity contribution is 0.0954. The molecule has 98 valence electrons. The summed E-state index contributed by atoms with van der Waals surface area (Å²) in [6, 6.07) is 6.79. The molecule has 1 amide bonds. The second-order valence-electron chi connectivity index (χ2n) is 4.66. The van der Waals surface area contributed by atoms with Crippen LogP contribution in [0.25, 0.3) is 10.6 Å². The highest BCUT2D eigenvalue weighted by Crippen LogP contribution is 2.30. The van der Waals surface area contributed by atoms with Crippen LogP contribution in [0.1, 0.15) is 28.2 Å². The van der Waals surface area contributed by atoms with Gasteiger partial charge in [-0.05, 0) is 31.9 Å². The summed E-state index contributed by atoms with van der Waals surface area (Å²) in [5.41, 5.74) is 1.10. The summed E-state index contributed by atoms with van der Waals surface area (Å²) in [5.74, 6) is -0.412. The van der Waals surface area contributed by atoms with E-state index in [1.807, 2.05) is 0 Å². The van der Waals surface area contributed by atoms with E-state index in [-0.39, 0.29) is 11.7 Å². The topological polar surface area (TPSA) is 42.0 Å². The van der Waals surface area contributed by atoms with Gasteiger partial charge in [0, 0.05) is 11.6 Å². The van der Waals surface area contributed by atoms with Gasteiger partial charge in [0.2, 0.25) is 0 Å². The van der Waals surface area contributed by atoms with Gasteiger partial charge in [-0.15, -0.1) is 11.3 Å². The number of rotatable bonds is 3. The normalized spacial score (nSPS) is 14.4. The number of aromatic nitrogens is 1. The van der Waals surface area contributed by atoms with E-state index in [1.54, 1.807) is 25.1 Å². The van der Waals surface area contributed by atoms with E-state index in [4.69, 9.17) is 0 Å². The number of hydrogen-bond acceptors (Lipinski definition) is 3. The number of thiazole rings is 1. The summed E-state index contributed by atoms with van der Waals surface area (Å²) in [4.78, 5) is 16.9. The van der Waals surface area contributed by atoms with Crippen molar-refractivity contribution in [3.8, 4) is 10.6 Å². The predicted octanol–water partition coefficient (Wildman–Crippen LogP) is 3.15. The van der Waals surface area contributed by atoms with Crippen LogP contribution < -0.4 is 5.32 Å². The standard InChI is InChI=1S/C14H13FN2OS/c1-8-12(13(18)17-9-6-7-9)19-14(16-8)10-4-2-3-5-11(10)15/h2-5,9H,6-7H2,1H3,(H,17,18). The lowest BCUT2D eigenvalue weighted by atomic mass is 10.2. The van der Waals surface area contributed by atoms with Crippen molar-refractivity contribution in [2.75, 3.05) is 0 Å². The van der Waals surface area contributed by atoms with Crippen LogP contribution in [0, 0.1) is 12.7 Å². The van der Waals surface area contributed by atoms with Gasteiger partial charge in [0.25, 0.3) is 5.91 Å².